The second kappa shape index (κ2) is 4.46. The summed E-state index contributed by atoms with van der Waals surface area (Å²) in [5.74, 6) is -0.0152. The maximum Gasteiger partial charge on any atom is 0.277 e. The second-order valence-corrected chi connectivity index (χ2v) is 5.51. The van der Waals surface area contributed by atoms with E-state index in [0.29, 0.717) is 16.3 Å². The number of fused-ring (bicyclic) bond motifs is 1. The first-order valence-corrected chi connectivity index (χ1v) is 6.03. The number of carbonyl (C=O) groups excluding carboxylic acids is 1. The number of nitro benzene ring substituents is 1. The molecule has 0 aromatic heterocycles. The van der Waals surface area contributed by atoms with Gasteiger partial charge in [0.2, 0.25) is 0 Å². The van der Waals surface area contributed by atoms with Gasteiger partial charge in [0.15, 0.2) is 5.78 Å². The van der Waals surface area contributed by atoms with Crippen molar-refractivity contribution in [2.75, 3.05) is 0 Å². The van der Waals surface area contributed by atoms with Gasteiger partial charge in [0.1, 0.15) is 0 Å². The molecule has 19 heavy (non-hydrogen) atoms. The molecule has 0 N–H and O–H groups in total. The molecular weight excluding hydrogens is 242 g/mol. The van der Waals surface area contributed by atoms with E-state index < -0.39 is 10.3 Å². The van der Waals surface area contributed by atoms with E-state index >= 15 is 0 Å². The van der Waals surface area contributed by atoms with Gasteiger partial charge in [0.05, 0.1) is 10.3 Å². The zero-order valence-corrected chi connectivity index (χ0v) is 11.1. The molecule has 0 atom stereocenters. The third-order valence-electron chi connectivity index (χ3n) is 3.02. The molecule has 0 heterocycles. The van der Waals surface area contributed by atoms with Crippen LogP contribution in [0.3, 0.4) is 0 Å². The Kier molecular flexibility index (Phi) is 3.10. The molecule has 2 aromatic carbocycles. The number of non-ortho nitro benzene ring substituents is 1. The highest BCUT2D eigenvalue weighted by Gasteiger charge is 2.25. The van der Waals surface area contributed by atoms with Crippen LogP contribution in [0.1, 0.15) is 31.1 Å². The summed E-state index contributed by atoms with van der Waals surface area (Å²) >= 11 is 0. The topological polar surface area (TPSA) is 60.2 Å². The fourth-order valence-corrected chi connectivity index (χ4v) is 2.05. The Hall–Kier alpha value is -2.23. The molecule has 0 unspecified atom stereocenters. The second-order valence-electron chi connectivity index (χ2n) is 5.51. The molecule has 0 saturated carbocycles. The van der Waals surface area contributed by atoms with Gasteiger partial charge in [-0.25, -0.2) is 0 Å². The van der Waals surface area contributed by atoms with E-state index in [1.807, 2.05) is 20.8 Å². The number of hydrogen-bond acceptors (Lipinski definition) is 3. The summed E-state index contributed by atoms with van der Waals surface area (Å²) in [5.41, 5.74) is 0.0496. The smallest absolute Gasteiger partial charge is 0.277 e. The van der Waals surface area contributed by atoms with Crippen molar-refractivity contribution in [2.24, 2.45) is 5.41 Å². The molecule has 0 fully saturated rings. The van der Waals surface area contributed by atoms with Crippen LogP contribution in [-0.2, 0) is 0 Å². The summed E-state index contributed by atoms with van der Waals surface area (Å²) in [4.78, 5) is 23.0. The third kappa shape index (κ3) is 2.34. The maximum absolute atomic E-state index is 12.4. The number of nitrogens with zero attached hydrogens (tertiary/aromatic N) is 1. The molecule has 4 nitrogen and oxygen atoms in total. The first-order chi connectivity index (χ1) is 8.82. The SMILES string of the molecule is CC(C)(C)C(=O)c1cccc2c([N+](=O)[O-])cccc12. The summed E-state index contributed by atoms with van der Waals surface area (Å²) in [6, 6.07) is 9.90. The molecule has 0 aliphatic carbocycles. The molecule has 98 valence electrons. The third-order valence-corrected chi connectivity index (χ3v) is 3.02. The van der Waals surface area contributed by atoms with Crippen molar-refractivity contribution in [3.05, 3.63) is 52.1 Å². The highest BCUT2D eigenvalue weighted by atomic mass is 16.6. The standard InChI is InChI=1S/C15H15NO3/c1-15(2,3)14(17)12-8-4-7-11-10(12)6-5-9-13(11)16(18)19/h4-9H,1-3H3. The van der Waals surface area contributed by atoms with Gasteiger partial charge >= 0.3 is 0 Å². The summed E-state index contributed by atoms with van der Waals surface area (Å²) in [6.45, 7) is 5.52. The zero-order valence-electron chi connectivity index (χ0n) is 11.1. The van der Waals surface area contributed by atoms with E-state index in [0.717, 1.165) is 0 Å². The van der Waals surface area contributed by atoms with Crippen molar-refractivity contribution in [1.29, 1.82) is 0 Å². The molecular formula is C15H15NO3. The van der Waals surface area contributed by atoms with Crippen LogP contribution in [0.5, 0.6) is 0 Å². The number of Topliss-reactive ketones (excluding diaryl/α,β-unsaturated/α-hetero) is 1. The van der Waals surface area contributed by atoms with Crippen LogP contribution in [0.25, 0.3) is 10.8 Å². The van der Waals surface area contributed by atoms with E-state index in [1.54, 1.807) is 30.3 Å². The Morgan fingerprint density at radius 1 is 1.05 bits per heavy atom. The van der Waals surface area contributed by atoms with Crippen LogP contribution in [0, 0.1) is 15.5 Å². The Balaban J connectivity index is 2.75. The van der Waals surface area contributed by atoms with Crippen molar-refractivity contribution < 1.29 is 9.72 Å². The van der Waals surface area contributed by atoms with Crippen LogP contribution >= 0.6 is 0 Å². The van der Waals surface area contributed by atoms with E-state index in [1.165, 1.54) is 6.07 Å². The van der Waals surface area contributed by atoms with E-state index in [-0.39, 0.29) is 11.5 Å². The van der Waals surface area contributed by atoms with Gasteiger partial charge in [-0.15, -0.1) is 0 Å². The summed E-state index contributed by atoms with van der Waals surface area (Å²) in [7, 11) is 0. The van der Waals surface area contributed by atoms with Crippen molar-refractivity contribution in [3.8, 4) is 0 Å². The molecule has 2 aromatic rings. The van der Waals surface area contributed by atoms with Gasteiger partial charge in [-0.3, -0.25) is 14.9 Å². The van der Waals surface area contributed by atoms with Crippen LogP contribution in [0.15, 0.2) is 36.4 Å². The first kappa shape index (κ1) is 13.2. The van der Waals surface area contributed by atoms with Crippen molar-refractivity contribution in [1.82, 2.24) is 0 Å². The molecule has 2 rings (SSSR count). The first-order valence-electron chi connectivity index (χ1n) is 6.03. The van der Waals surface area contributed by atoms with Crippen LogP contribution in [-0.4, -0.2) is 10.7 Å². The molecule has 0 bridgehead atoms. The Morgan fingerprint density at radius 2 is 1.63 bits per heavy atom. The zero-order chi connectivity index (χ0) is 14.2. The normalized spacial score (nSPS) is 11.5. The Labute approximate surface area is 111 Å². The molecule has 0 amide bonds. The summed E-state index contributed by atoms with van der Waals surface area (Å²) in [6.07, 6.45) is 0. The number of carbonyl (C=O) groups is 1. The van der Waals surface area contributed by atoms with Gasteiger partial charge in [-0.05, 0) is 11.5 Å². The highest BCUT2D eigenvalue weighted by molar-refractivity contribution is 6.11. The minimum atomic E-state index is -0.515. The van der Waals surface area contributed by atoms with Gasteiger partial charge in [-0.1, -0.05) is 45.0 Å². The van der Waals surface area contributed by atoms with Crippen LogP contribution in [0.2, 0.25) is 0 Å². The average molecular weight is 257 g/mol. The highest BCUT2D eigenvalue weighted by Crippen LogP contribution is 2.31. The monoisotopic (exact) mass is 257 g/mol. The Morgan fingerprint density at radius 3 is 2.21 bits per heavy atom. The van der Waals surface area contributed by atoms with E-state index in [4.69, 9.17) is 0 Å². The molecule has 0 saturated heterocycles. The van der Waals surface area contributed by atoms with Gasteiger partial charge < -0.3 is 0 Å². The van der Waals surface area contributed by atoms with Crippen LogP contribution in [0.4, 0.5) is 5.69 Å². The number of nitro groups is 1. The van der Waals surface area contributed by atoms with Crippen molar-refractivity contribution >= 4 is 22.2 Å². The molecule has 0 spiro atoms. The quantitative estimate of drug-likeness (QED) is 0.464. The van der Waals surface area contributed by atoms with Crippen LogP contribution < -0.4 is 0 Å². The Bertz CT molecular complexity index is 669. The van der Waals surface area contributed by atoms with Crippen molar-refractivity contribution in [3.63, 3.8) is 0 Å². The minimum Gasteiger partial charge on any atom is -0.294 e. The largest absolute Gasteiger partial charge is 0.294 e. The fourth-order valence-electron chi connectivity index (χ4n) is 2.05. The minimum absolute atomic E-state index is 0.0152. The number of hydrogen-bond donors (Lipinski definition) is 0. The van der Waals surface area contributed by atoms with E-state index in [9.17, 15) is 14.9 Å². The van der Waals surface area contributed by atoms with Gasteiger partial charge in [-0.2, -0.15) is 0 Å². The summed E-state index contributed by atoms with van der Waals surface area (Å²) < 4.78 is 0. The predicted octanol–water partition coefficient (Wildman–Crippen LogP) is 3.98. The lowest BCUT2D eigenvalue weighted by Crippen LogP contribution is -2.20. The maximum atomic E-state index is 12.4. The lowest BCUT2D eigenvalue weighted by atomic mass is 9.84. The lowest BCUT2D eigenvalue weighted by Gasteiger charge is -2.17. The molecule has 0 radical (unpaired) electrons. The van der Waals surface area contributed by atoms with Gasteiger partial charge in [0, 0.05) is 17.0 Å². The molecule has 0 aliphatic heterocycles. The number of ketones is 1. The average Bonchev–Trinajstić information content (AvgIpc) is 2.35. The summed E-state index contributed by atoms with van der Waals surface area (Å²) in [5, 5.41) is 12.2. The number of rotatable bonds is 2. The fraction of sp³-hybridized carbons (Fsp3) is 0.267. The van der Waals surface area contributed by atoms with Crippen molar-refractivity contribution in [2.45, 2.75) is 20.8 Å². The predicted molar refractivity (Wildman–Crippen MR) is 74.4 cm³/mol. The number of benzene rings is 2. The van der Waals surface area contributed by atoms with Gasteiger partial charge in [0.25, 0.3) is 5.69 Å². The lowest BCUT2D eigenvalue weighted by molar-refractivity contribution is -0.383. The van der Waals surface area contributed by atoms with E-state index in [2.05, 4.69) is 0 Å². The molecule has 0 aliphatic rings. The molecule has 4 heteroatoms.